The second-order valence-corrected chi connectivity index (χ2v) is 7.32. The van der Waals surface area contributed by atoms with Crippen LogP contribution in [0.4, 0.5) is 0 Å². The van der Waals surface area contributed by atoms with Gasteiger partial charge in [0.25, 0.3) is 5.91 Å². The molecule has 1 aliphatic carbocycles. The lowest BCUT2D eigenvalue weighted by Gasteiger charge is -2.34. The third-order valence-corrected chi connectivity index (χ3v) is 5.06. The maximum absolute atomic E-state index is 13.0. The van der Waals surface area contributed by atoms with Crippen molar-refractivity contribution in [2.45, 2.75) is 44.7 Å². The molecule has 1 aromatic carbocycles. The molecule has 0 N–H and O–H groups in total. The first-order chi connectivity index (χ1) is 11.2. The molecule has 0 radical (unpaired) electrons. The van der Waals surface area contributed by atoms with Crippen LogP contribution in [0.25, 0.3) is 0 Å². The predicted octanol–water partition coefficient (Wildman–Crippen LogP) is 4.66. The summed E-state index contributed by atoms with van der Waals surface area (Å²) in [5.41, 5.74) is 1.73. The number of amides is 1. The lowest BCUT2D eigenvalue weighted by Crippen LogP contribution is -2.41. The SMILES string of the molecule is O=C(c1ccc([125I])cn1)N(Cc1ccccc1)C1CCCCC1. The highest BCUT2D eigenvalue weighted by Gasteiger charge is 2.27. The average Bonchev–Trinajstić information content (AvgIpc) is 2.61. The van der Waals surface area contributed by atoms with Crippen LogP contribution in [0.3, 0.4) is 0 Å². The molecule has 1 amide bonds. The number of aromatic nitrogens is 1. The summed E-state index contributed by atoms with van der Waals surface area (Å²) >= 11 is 2.21. The Morgan fingerprint density at radius 3 is 2.48 bits per heavy atom. The largest absolute Gasteiger partial charge is 0.330 e. The normalized spacial score (nSPS) is 15.3. The molecule has 3 nitrogen and oxygen atoms in total. The van der Waals surface area contributed by atoms with Gasteiger partial charge in [0.2, 0.25) is 0 Å². The van der Waals surface area contributed by atoms with E-state index in [9.17, 15) is 4.79 Å². The van der Waals surface area contributed by atoms with Crippen LogP contribution < -0.4 is 0 Å². The van der Waals surface area contributed by atoms with Gasteiger partial charge < -0.3 is 4.90 Å². The predicted molar refractivity (Wildman–Crippen MR) is 100 cm³/mol. The van der Waals surface area contributed by atoms with Gasteiger partial charge in [0.15, 0.2) is 0 Å². The van der Waals surface area contributed by atoms with Crippen LogP contribution in [0.1, 0.15) is 48.2 Å². The van der Waals surface area contributed by atoms with Gasteiger partial charge in [0, 0.05) is 22.4 Å². The highest BCUT2D eigenvalue weighted by atomic mass is 125. The number of carbonyl (C=O) groups is 1. The summed E-state index contributed by atoms with van der Waals surface area (Å²) in [6.45, 7) is 0.665. The molecular formula is C19H21IN2O. The molecule has 0 bridgehead atoms. The van der Waals surface area contributed by atoms with Gasteiger partial charge in [-0.1, -0.05) is 49.6 Å². The summed E-state index contributed by atoms with van der Waals surface area (Å²) < 4.78 is 1.05. The molecule has 0 atom stereocenters. The third kappa shape index (κ3) is 4.31. The standard InChI is InChI=1S/C19H21IN2O/c20-16-11-12-18(21-13-16)19(23)22(17-9-5-2-6-10-17)14-15-7-3-1-4-8-15/h1,3-4,7-8,11-13,17H,2,5-6,9-10,14H2/i20-2. The van der Waals surface area contributed by atoms with Gasteiger partial charge in [-0.05, 0) is 53.1 Å². The van der Waals surface area contributed by atoms with Crippen LogP contribution in [-0.2, 0) is 6.54 Å². The molecule has 1 heterocycles. The monoisotopic (exact) mass is 418 g/mol. The molecule has 1 saturated carbocycles. The Balaban J connectivity index is 1.84. The first-order valence-electron chi connectivity index (χ1n) is 8.20. The Labute approximate surface area is 151 Å². The molecule has 2 aromatic rings. The van der Waals surface area contributed by atoms with Gasteiger partial charge >= 0.3 is 0 Å². The molecule has 0 aliphatic heterocycles. The van der Waals surface area contributed by atoms with Crippen molar-refractivity contribution in [2.75, 3.05) is 0 Å². The number of hydrogen-bond acceptors (Lipinski definition) is 2. The summed E-state index contributed by atoms with van der Waals surface area (Å²) in [6, 6.07) is 14.4. The van der Waals surface area contributed by atoms with E-state index in [-0.39, 0.29) is 5.91 Å². The smallest absolute Gasteiger partial charge is 0.272 e. The number of benzene rings is 1. The average molecular weight is 418 g/mol. The number of halogens is 1. The van der Waals surface area contributed by atoms with Crippen molar-refractivity contribution in [3.63, 3.8) is 0 Å². The van der Waals surface area contributed by atoms with Crippen molar-refractivity contribution < 1.29 is 4.79 Å². The first kappa shape index (κ1) is 16.4. The summed E-state index contributed by atoms with van der Waals surface area (Å²) in [5.74, 6) is 0.0529. The van der Waals surface area contributed by atoms with Gasteiger partial charge in [-0.2, -0.15) is 0 Å². The summed E-state index contributed by atoms with van der Waals surface area (Å²) in [4.78, 5) is 19.4. The molecular weight excluding hydrogens is 397 g/mol. The second kappa shape index (κ2) is 7.90. The van der Waals surface area contributed by atoms with Gasteiger partial charge in [-0.25, -0.2) is 4.98 Å². The zero-order chi connectivity index (χ0) is 16.1. The van der Waals surface area contributed by atoms with Crippen LogP contribution in [0, 0.1) is 3.57 Å². The molecule has 1 aliphatic rings. The van der Waals surface area contributed by atoms with Crippen molar-refractivity contribution in [3.05, 3.63) is 63.5 Å². The van der Waals surface area contributed by atoms with Crippen molar-refractivity contribution in [1.29, 1.82) is 0 Å². The Bertz CT molecular complexity index is 636. The van der Waals surface area contributed by atoms with Crippen LogP contribution in [0.2, 0.25) is 0 Å². The van der Waals surface area contributed by atoms with E-state index in [4.69, 9.17) is 0 Å². The zero-order valence-electron chi connectivity index (χ0n) is 13.1. The lowest BCUT2D eigenvalue weighted by atomic mass is 9.93. The number of nitrogens with zero attached hydrogens (tertiary/aromatic N) is 2. The van der Waals surface area contributed by atoms with E-state index in [1.54, 1.807) is 6.20 Å². The zero-order valence-corrected chi connectivity index (χ0v) is 15.3. The maximum Gasteiger partial charge on any atom is 0.272 e. The molecule has 0 unspecified atom stereocenters. The third-order valence-electron chi connectivity index (χ3n) is 4.42. The van der Waals surface area contributed by atoms with E-state index in [1.807, 2.05) is 35.2 Å². The molecule has 1 fully saturated rings. The Kier molecular flexibility index (Phi) is 5.65. The molecule has 0 spiro atoms. The van der Waals surface area contributed by atoms with E-state index in [0.29, 0.717) is 18.3 Å². The van der Waals surface area contributed by atoms with Crippen LogP contribution in [0.5, 0.6) is 0 Å². The van der Waals surface area contributed by atoms with E-state index in [1.165, 1.54) is 24.8 Å². The minimum Gasteiger partial charge on any atom is -0.330 e. The highest BCUT2D eigenvalue weighted by molar-refractivity contribution is 14.1. The molecule has 4 heteroatoms. The quantitative estimate of drug-likeness (QED) is 0.677. The molecule has 120 valence electrons. The lowest BCUT2D eigenvalue weighted by molar-refractivity contribution is 0.0608. The van der Waals surface area contributed by atoms with Gasteiger partial charge in [-0.15, -0.1) is 0 Å². The van der Waals surface area contributed by atoms with Gasteiger partial charge in [0.05, 0.1) is 0 Å². The fourth-order valence-electron chi connectivity index (χ4n) is 3.19. The Morgan fingerprint density at radius 1 is 1.09 bits per heavy atom. The molecule has 23 heavy (non-hydrogen) atoms. The number of pyridine rings is 1. The van der Waals surface area contributed by atoms with Gasteiger partial charge in [-0.3, -0.25) is 4.79 Å². The molecule has 3 rings (SSSR count). The van der Waals surface area contributed by atoms with Crippen LogP contribution in [-0.4, -0.2) is 21.8 Å². The van der Waals surface area contributed by atoms with Crippen molar-refractivity contribution in [1.82, 2.24) is 9.88 Å². The van der Waals surface area contributed by atoms with Gasteiger partial charge in [0.1, 0.15) is 5.69 Å². The van der Waals surface area contributed by atoms with E-state index in [2.05, 4.69) is 39.7 Å². The van der Waals surface area contributed by atoms with Crippen LogP contribution in [0.15, 0.2) is 48.7 Å². The minimum atomic E-state index is 0.0529. The number of rotatable bonds is 4. The summed E-state index contributed by atoms with van der Waals surface area (Å²) in [6.07, 6.45) is 7.67. The summed E-state index contributed by atoms with van der Waals surface area (Å²) in [7, 11) is 0. The van der Waals surface area contributed by atoms with E-state index >= 15 is 0 Å². The Hall–Kier alpha value is -1.43. The first-order valence-corrected chi connectivity index (χ1v) is 9.28. The van der Waals surface area contributed by atoms with Crippen molar-refractivity contribution >= 4 is 28.5 Å². The van der Waals surface area contributed by atoms with E-state index < -0.39 is 0 Å². The fraction of sp³-hybridized carbons (Fsp3) is 0.368. The molecule has 1 aromatic heterocycles. The van der Waals surface area contributed by atoms with E-state index in [0.717, 1.165) is 16.4 Å². The van der Waals surface area contributed by atoms with Crippen LogP contribution >= 0.6 is 22.6 Å². The summed E-state index contributed by atoms with van der Waals surface area (Å²) in [5, 5.41) is 0. The number of carbonyl (C=O) groups excluding carboxylic acids is 1. The second-order valence-electron chi connectivity index (χ2n) is 6.07. The topological polar surface area (TPSA) is 33.2 Å². The minimum absolute atomic E-state index is 0.0529. The fourth-order valence-corrected chi connectivity index (χ4v) is 3.51. The molecule has 0 saturated heterocycles. The highest BCUT2D eigenvalue weighted by Crippen LogP contribution is 2.25. The Morgan fingerprint density at radius 2 is 1.83 bits per heavy atom. The number of hydrogen-bond donors (Lipinski definition) is 0. The van der Waals surface area contributed by atoms with Crippen molar-refractivity contribution in [3.8, 4) is 0 Å². The van der Waals surface area contributed by atoms with Crippen molar-refractivity contribution in [2.24, 2.45) is 0 Å². The maximum atomic E-state index is 13.0.